The standard InChI is InChI=1S/C16H31N3O2/c1-12(2)21-7-5-6-18-15(20)11-19-10-13-8-17-9-14(13)16(19,3)4/h12-14,17H,5-11H2,1-4H3,(H,18,20). The molecular formula is C16H31N3O2. The van der Waals surface area contributed by atoms with E-state index in [4.69, 9.17) is 4.74 Å². The van der Waals surface area contributed by atoms with Crippen LogP contribution in [0, 0.1) is 11.8 Å². The number of likely N-dealkylation sites (tertiary alicyclic amines) is 1. The summed E-state index contributed by atoms with van der Waals surface area (Å²) in [7, 11) is 0. The van der Waals surface area contributed by atoms with Crippen LogP contribution in [-0.2, 0) is 9.53 Å². The molecule has 0 aromatic heterocycles. The molecule has 0 saturated carbocycles. The fourth-order valence-corrected chi connectivity index (χ4v) is 3.62. The maximum Gasteiger partial charge on any atom is 0.234 e. The highest BCUT2D eigenvalue weighted by atomic mass is 16.5. The van der Waals surface area contributed by atoms with E-state index in [2.05, 4.69) is 29.4 Å². The van der Waals surface area contributed by atoms with Gasteiger partial charge in [-0.2, -0.15) is 0 Å². The quantitative estimate of drug-likeness (QED) is 0.684. The largest absolute Gasteiger partial charge is 0.379 e. The molecule has 2 atom stereocenters. The number of rotatable bonds is 7. The summed E-state index contributed by atoms with van der Waals surface area (Å²) in [6, 6.07) is 0. The molecule has 0 aliphatic carbocycles. The van der Waals surface area contributed by atoms with Crippen LogP contribution in [0.1, 0.15) is 34.1 Å². The van der Waals surface area contributed by atoms with Crippen LogP contribution in [0.2, 0.25) is 0 Å². The summed E-state index contributed by atoms with van der Waals surface area (Å²) in [5.74, 6) is 1.51. The molecule has 21 heavy (non-hydrogen) atoms. The van der Waals surface area contributed by atoms with E-state index in [0.29, 0.717) is 31.5 Å². The molecule has 2 aliphatic rings. The van der Waals surface area contributed by atoms with Crippen molar-refractivity contribution >= 4 is 5.91 Å². The molecule has 0 aromatic carbocycles. The second-order valence-electron chi connectivity index (χ2n) is 7.18. The Morgan fingerprint density at radius 2 is 2.19 bits per heavy atom. The van der Waals surface area contributed by atoms with Gasteiger partial charge in [-0.25, -0.2) is 0 Å². The number of carbonyl (C=O) groups excluding carboxylic acids is 1. The smallest absolute Gasteiger partial charge is 0.234 e. The van der Waals surface area contributed by atoms with Gasteiger partial charge in [0.15, 0.2) is 0 Å². The van der Waals surface area contributed by atoms with Crippen LogP contribution in [0.5, 0.6) is 0 Å². The van der Waals surface area contributed by atoms with Crippen LogP contribution in [0.15, 0.2) is 0 Å². The number of carbonyl (C=O) groups is 1. The molecule has 5 nitrogen and oxygen atoms in total. The molecular weight excluding hydrogens is 266 g/mol. The molecule has 2 fully saturated rings. The fourth-order valence-electron chi connectivity index (χ4n) is 3.62. The maximum atomic E-state index is 12.1. The van der Waals surface area contributed by atoms with E-state index in [1.165, 1.54) is 0 Å². The summed E-state index contributed by atoms with van der Waals surface area (Å²) < 4.78 is 5.47. The zero-order valence-electron chi connectivity index (χ0n) is 13.9. The van der Waals surface area contributed by atoms with Crippen molar-refractivity contribution in [1.82, 2.24) is 15.5 Å². The second kappa shape index (κ2) is 7.07. The normalized spacial score (nSPS) is 28.0. The average Bonchev–Trinajstić information content (AvgIpc) is 2.93. The Bertz CT molecular complexity index is 357. The summed E-state index contributed by atoms with van der Waals surface area (Å²) in [5, 5.41) is 6.48. The van der Waals surface area contributed by atoms with Crippen LogP contribution in [0.25, 0.3) is 0 Å². The van der Waals surface area contributed by atoms with E-state index < -0.39 is 0 Å². The van der Waals surface area contributed by atoms with Gasteiger partial charge in [0.25, 0.3) is 0 Å². The lowest BCUT2D eigenvalue weighted by Crippen LogP contribution is -2.48. The van der Waals surface area contributed by atoms with E-state index in [1.54, 1.807) is 0 Å². The van der Waals surface area contributed by atoms with Crippen molar-refractivity contribution in [3.63, 3.8) is 0 Å². The maximum absolute atomic E-state index is 12.1. The Kier molecular flexibility index (Phi) is 5.63. The highest BCUT2D eigenvalue weighted by Gasteiger charge is 2.49. The van der Waals surface area contributed by atoms with Crippen LogP contribution in [-0.4, -0.2) is 61.8 Å². The lowest BCUT2D eigenvalue weighted by molar-refractivity contribution is -0.123. The zero-order chi connectivity index (χ0) is 15.5. The van der Waals surface area contributed by atoms with Gasteiger partial charge in [0.1, 0.15) is 0 Å². The summed E-state index contributed by atoms with van der Waals surface area (Å²) >= 11 is 0. The molecule has 2 unspecified atom stereocenters. The lowest BCUT2D eigenvalue weighted by atomic mass is 9.85. The number of amides is 1. The summed E-state index contributed by atoms with van der Waals surface area (Å²) in [5.41, 5.74) is 0.117. The van der Waals surface area contributed by atoms with Crippen molar-refractivity contribution in [3.8, 4) is 0 Å². The Morgan fingerprint density at radius 3 is 2.86 bits per heavy atom. The van der Waals surface area contributed by atoms with Crippen molar-refractivity contribution in [1.29, 1.82) is 0 Å². The lowest BCUT2D eigenvalue weighted by Gasteiger charge is -2.35. The third-order valence-corrected chi connectivity index (χ3v) is 4.95. The van der Waals surface area contributed by atoms with Gasteiger partial charge < -0.3 is 15.4 Å². The number of hydrogen-bond acceptors (Lipinski definition) is 4. The first kappa shape index (κ1) is 16.7. The highest BCUT2D eigenvalue weighted by Crippen LogP contribution is 2.40. The number of nitrogens with one attached hydrogen (secondary N) is 2. The molecule has 2 saturated heterocycles. The first-order valence-corrected chi connectivity index (χ1v) is 8.25. The van der Waals surface area contributed by atoms with E-state index in [1.807, 2.05) is 13.8 Å². The summed E-state index contributed by atoms with van der Waals surface area (Å²) in [4.78, 5) is 14.4. The minimum absolute atomic E-state index is 0.117. The minimum atomic E-state index is 0.117. The highest BCUT2D eigenvalue weighted by molar-refractivity contribution is 5.78. The van der Waals surface area contributed by atoms with Gasteiger partial charge in [-0.15, -0.1) is 0 Å². The number of nitrogens with zero attached hydrogens (tertiary/aromatic N) is 1. The van der Waals surface area contributed by atoms with Crippen LogP contribution in [0.3, 0.4) is 0 Å². The monoisotopic (exact) mass is 297 g/mol. The van der Waals surface area contributed by atoms with Gasteiger partial charge >= 0.3 is 0 Å². The minimum Gasteiger partial charge on any atom is -0.379 e. The Labute approximate surface area is 128 Å². The first-order chi connectivity index (χ1) is 9.91. The van der Waals surface area contributed by atoms with E-state index in [0.717, 1.165) is 26.1 Å². The first-order valence-electron chi connectivity index (χ1n) is 8.25. The SMILES string of the molecule is CC(C)OCCCNC(=O)CN1CC2CNCC2C1(C)C. The average molecular weight is 297 g/mol. The molecule has 122 valence electrons. The van der Waals surface area contributed by atoms with E-state index >= 15 is 0 Å². The Balaban J connectivity index is 1.68. The molecule has 2 aliphatic heterocycles. The molecule has 1 amide bonds. The predicted octanol–water partition coefficient (Wildman–Crippen LogP) is 0.848. The van der Waals surface area contributed by atoms with Crippen molar-refractivity contribution in [2.75, 3.05) is 39.3 Å². The second-order valence-corrected chi connectivity index (χ2v) is 7.18. The van der Waals surface area contributed by atoms with Crippen molar-refractivity contribution in [2.45, 2.75) is 45.8 Å². The third-order valence-electron chi connectivity index (χ3n) is 4.95. The topological polar surface area (TPSA) is 53.6 Å². The predicted molar refractivity (Wildman–Crippen MR) is 84.2 cm³/mol. The van der Waals surface area contributed by atoms with Crippen LogP contribution < -0.4 is 10.6 Å². The van der Waals surface area contributed by atoms with Gasteiger partial charge in [-0.1, -0.05) is 0 Å². The zero-order valence-corrected chi connectivity index (χ0v) is 13.9. The van der Waals surface area contributed by atoms with Crippen LogP contribution >= 0.6 is 0 Å². The molecule has 0 bridgehead atoms. The van der Waals surface area contributed by atoms with Crippen molar-refractivity contribution in [3.05, 3.63) is 0 Å². The molecule has 5 heteroatoms. The van der Waals surface area contributed by atoms with Crippen molar-refractivity contribution in [2.24, 2.45) is 11.8 Å². The van der Waals surface area contributed by atoms with Gasteiger partial charge in [-0.3, -0.25) is 9.69 Å². The molecule has 0 radical (unpaired) electrons. The molecule has 2 heterocycles. The number of fused-ring (bicyclic) bond motifs is 1. The number of hydrogen-bond donors (Lipinski definition) is 2. The van der Waals surface area contributed by atoms with Crippen LogP contribution in [0.4, 0.5) is 0 Å². The van der Waals surface area contributed by atoms with E-state index in [-0.39, 0.29) is 17.6 Å². The Morgan fingerprint density at radius 1 is 1.43 bits per heavy atom. The van der Waals surface area contributed by atoms with Gasteiger partial charge in [0.2, 0.25) is 5.91 Å². The Hall–Kier alpha value is -0.650. The fraction of sp³-hybridized carbons (Fsp3) is 0.938. The van der Waals surface area contributed by atoms with Gasteiger partial charge in [0.05, 0.1) is 12.6 Å². The third kappa shape index (κ3) is 4.18. The summed E-state index contributed by atoms with van der Waals surface area (Å²) in [6.07, 6.45) is 1.14. The van der Waals surface area contributed by atoms with E-state index in [9.17, 15) is 4.79 Å². The van der Waals surface area contributed by atoms with Crippen molar-refractivity contribution < 1.29 is 9.53 Å². The van der Waals surface area contributed by atoms with Gasteiger partial charge in [-0.05, 0) is 52.5 Å². The molecule has 0 spiro atoms. The molecule has 0 aromatic rings. The van der Waals surface area contributed by atoms with Gasteiger partial charge in [0, 0.05) is 31.8 Å². The molecule has 2 N–H and O–H groups in total. The summed E-state index contributed by atoms with van der Waals surface area (Å²) in [6.45, 7) is 13.8. The number of ether oxygens (including phenoxy) is 1. The molecule has 2 rings (SSSR count).